The van der Waals surface area contributed by atoms with E-state index in [0.717, 1.165) is 6.07 Å². The van der Waals surface area contributed by atoms with Gasteiger partial charge in [-0.1, -0.05) is 11.6 Å². The molecule has 0 bridgehead atoms. The maximum absolute atomic E-state index is 13.1. The van der Waals surface area contributed by atoms with Crippen molar-refractivity contribution in [2.75, 3.05) is 0 Å². The maximum Gasteiger partial charge on any atom is 0.418 e. The van der Waals surface area contributed by atoms with Crippen LogP contribution in [0, 0.1) is 6.92 Å². The van der Waals surface area contributed by atoms with Crippen molar-refractivity contribution in [2.45, 2.75) is 25.9 Å². The lowest BCUT2D eigenvalue weighted by molar-refractivity contribution is -0.137. The molecule has 3 nitrogen and oxygen atoms in total. The number of halogens is 3. The van der Waals surface area contributed by atoms with E-state index in [1.807, 2.05) is 0 Å². The van der Waals surface area contributed by atoms with Crippen LogP contribution in [-0.4, -0.2) is 15.7 Å². The molecule has 0 N–H and O–H groups in total. The van der Waals surface area contributed by atoms with E-state index >= 15 is 0 Å². The lowest BCUT2D eigenvalue weighted by Crippen LogP contribution is -2.06. The van der Waals surface area contributed by atoms with Gasteiger partial charge in [-0.05, 0) is 18.6 Å². The van der Waals surface area contributed by atoms with Crippen LogP contribution in [0.4, 0.5) is 18.9 Å². The fourth-order valence-electron chi connectivity index (χ4n) is 2.49. The zero-order valence-electron chi connectivity index (χ0n) is 11.3. The monoisotopic (exact) mass is 291 g/mol. The van der Waals surface area contributed by atoms with Crippen LogP contribution in [0.5, 0.6) is 0 Å². The van der Waals surface area contributed by atoms with Gasteiger partial charge in [-0.15, -0.1) is 0 Å². The fourth-order valence-corrected chi connectivity index (χ4v) is 2.49. The summed E-state index contributed by atoms with van der Waals surface area (Å²) >= 11 is 0. The van der Waals surface area contributed by atoms with Crippen LogP contribution in [0.25, 0.3) is 0 Å². The molecule has 1 aromatic heterocycles. The Bertz CT molecular complexity index is 706. The summed E-state index contributed by atoms with van der Waals surface area (Å²) in [6.45, 7) is 1.66. The summed E-state index contributed by atoms with van der Waals surface area (Å²) in [4.78, 5) is 12.3. The highest BCUT2D eigenvalue weighted by molar-refractivity contribution is 5.96. The normalized spacial score (nSPS) is 14.0. The molecule has 2 heterocycles. The third-order valence-corrected chi connectivity index (χ3v) is 3.30. The van der Waals surface area contributed by atoms with E-state index in [2.05, 4.69) is 15.0 Å². The van der Waals surface area contributed by atoms with Crippen LogP contribution in [0.1, 0.15) is 22.4 Å². The SMILES string of the molecule is Cc1cc2c(c(C(F)(F)F)c1)N=C(Cc1cnccn1)C2. The molecule has 0 fully saturated rings. The largest absolute Gasteiger partial charge is 0.418 e. The molecule has 0 unspecified atom stereocenters. The summed E-state index contributed by atoms with van der Waals surface area (Å²) in [6.07, 6.45) is 1.17. The van der Waals surface area contributed by atoms with Crippen molar-refractivity contribution in [2.24, 2.45) is 4.99 Å². The molecule has 0 atom stereocenters. The van der Waals surface area contributed by atoms with Crippen molar-refractivity contribution in [3.8, 4) is 0 Å². The van der Waals surface area contributed by atoms with Crippen molar-refractivity contribution in [3.05, 3.63) is 53.1 Å². The van der Waals surface area contributed by atoms with Gasteiger partial charge < -0.3 is 0 Å². The van der Waals surface area contributed by atoms with Crippen LogP contribution in [-0.2, 0) is 19.0 Å². The lowest BCUT2D eigenvalue weighted by atomic mass is 10.0. The summed E-state index contributed by atoms with van der Waals surface area (Å²) < 4.78 is 39.3. The van der Waals surface area contributed by atoms with Crippen molar-refractivity contribution < 1.29 is 13.2 Å². The van der Waals surface area contributed by atoms with Gasteiger partial charge >= 0.3 is 6.18 Å². The number of benzene rings is 1. The van der Waals surface area contributed by atoms with Gasteiger partial charge in [-0.25, -0.2) is 0 Å². The van der Waals surface area contributed by atoms with Crippen molar-refractivity contribution in [1.29, 1.82) is 0 Å². The van der Waals surface area contributed by atoms with E-state index < -0.39 is 11.7 Å². The molecule has 0 spiro atoms. The van der Waals surface area contributed by atoms with Gasteiger partial charge in [0, 0.05) is 37.1 Å². The zero-order chi connectivity index (χ0) is 15.0. The molecule has 108 valence electrons. The first kappa shape index (κ1) is 13.7. The molecule has 0 aliphatic carbocycles. The number of hydrogen-bond donors (Lipinski definition) is 0. The van der Waals surface area contributed by atoms with Crippen LogP contribution in [0.3, 0.4) is 0 Å². The Balaban J connectivity index is 1.96. The molecule has 1 aliphatic rings. The Morgan fingerprint density at radius 2 is 2.00 bits per heavy atom. The smallest absolute Gasteiger partial charge is 0.261 e. The van der Waals surface area contributed by atoms with Crippen molar-refractivity contribution in [1.82, 2.24) is 9.97 Å². The van der Waals surface area contributed by atoms with Gasteiger partial charge in [-0.2, -0.15) is 13.2 Å². The summed E-state index contributed by atoms with van der Waals surface area (Å²) in [5, 5.41) is 0. The summed E-state index contributed by atoms with van der Waals surface area (Å²) in [6, 6.07) is 2.91. The average Bonchev–Trinajstić information content (AvgIpc) is 2.79. The second kappa shape index (κ2) is 4.95. The Morgan fingerprint density at radius 1 is 1.19 bits per heavy atom. The first-order chi connectivity index (χ1) is 9.93. The van der Waals surface area contributed by atoms with Gasteiger partial charge in [0.05, 0.1) is 16.9 Å². The van der Waals surface area contributed by atoms with Crippen molar-refractivity contribution in [3.63, 3.8) is 0 Å². The number of hydrogen-bond acceptors (Lipinski definition) is 3. The quantitative estimate of drug-likeness (QED) is 0.846. The minimum Gasteiger partial charge on any atom is -0.261 e. The molecule has 3 rings (SSSR count). The second-order valence-electron chi connectivity index (χ2n) is 5.05. The van der Waals surface area contributed by atoms with Crippen molar-refractivity contribution >= 4 is 11.4 Å². The van der Waals surface area contributed by atoms with E-state index in [0.29, 0.717) is 35.4 Å². The third-order valence-electron chi connectivity index (χ3n) is 3.30. The topological polar surface area (TPSA) is 38.1 Å². The Kier molecular flexibility index (Phi) is 3.23. The highest BCUT2D eigenvalue weighted by atomic mass is 19.4. The molecule has 0 saturated heterocycles. The van der Waals surface area contributed by atoms with Crippen LogP contribution in [0.2, 0.25) is 0 Å². The standard InChI is InChI=1S/C15H12F3N3/c1-9-4-10-6-11(7-12-8-19-2-3-20-12)21-14(10)13(5-9)15(16,17)18/h2-5,8H,6-7H2,1H3. The Morgan fingerprint density at radius 3 is 2.67 bits per heavy atom. The molecule has 2 aromatic rings. The highest BCUT2D eigenvalue weighted by Gasteiger charge is 2.36. The van der Waals surface area contributed by atoms with Crippen LogP contribution >= 0.6 is 0 Å². The molecule has 0 amide bonds. The number of rotatable bonds is 2. The molecule has 1 aromatic carbocycles. The second-order valence-corrected chi connectivity index (χ2v) is 5.05. The lowest BCUT2D eigenvalue weighted by Gasteiger charge is -2.11. The first-order valence-electron chi connectivity index (χ1n) is 6.45. The predicted octanol–water partition coefficient (Wildman–Crippen LogP) is 3.68. The molecular weight excluding hydrogens is 279 g/mol. The number of fused-ring (bicyclic) bond motifs is 1. The number of alkyl halides is 3. The number of aliphatic imine (C=N–C) groups is 1. The molecular formula is C15H12F3N3. The molecule has 0 saturated carbocycles. The molecule has 0 radical (unpaired) electrons. The van der Waals surface area contributed by atoms with Crippen LogP contribution < -0.4 is 0 Å². The van der Waals surface area contributed by atoms with Crippen LogP contribution in [0.15, 0.2) is 35.7 Å². The van der Waals surface area contributed by atoms with E-state index in [1.165, 1.54) is 0 Å². The average molecular weight is 291 g/mol. The molecule has 21 heavy (non-hydrogen) atoms. The summed E-state index contributed by atoms with van der Waals surface area (Å²) in [7, 11) is 0. The minimum atomic E-state index is -4.39. The number of nitrogens with zero attached hydrogens (tertiary/aromatic N) is 3. The van der Waals surface area contributed by atoms with Gasteiger partial charge in [0.15, 0.2) is 0 Å². The Labute approximate surface area is 119 Å². The first-order valence-corrected chi connectivity index (χ1v) is 6.45. The molecule has 1 aliphatic heterocycles. The van der Waals surface area contributed by atoms with E-state index in [4.69, 9.17) is 0 Å². The van der Waals surface area contributed by atoms with E-state index in [9.17, 15) is 13.2 Å². The van der Waals surface area contributed by atoms with Gasteiger partial charge in [-0.3, -0.25) is 15.0 Å². The summed E-state index contributed by atoms with van der Waals surface area (Å²) in [5.74, 6) is 0. The summed E-state index contributed by atoms with van der Waals surface area (Å²) in [5.41, 5.74) is 1.99. The predicted molar refractivity (Wildman–Crippen MR) is 72.7 cm³/mol. The zero-order valence-corrected chi connectivity index (χ0v) is 11.3. The molecule has 6 heteroatoms. The van der Waals surface area contributed by atoms with E-state index in [-0.39, 0.29) is 5.69 Å². The Hall–Kier alpha value is -2.24. The minimum absolute atomic E-state index is 0.0481. The maximum atomic E-state index is 13.1. The highest BCUT2D eigenvalue weighted by Crippen LogP contribution is 2.42. The van der Waals surface area contributed by atoms with Gasteiger partial charge in [0.1, 0.15) is 0 Å². The van der Waals surface area contributed by atoms with Gasteiger partial charge in [0.2, 0.25) is 0 Å². The number of aryl methyl sites for hydroxylation is 1. The number of aromatic nitrogens is 2. The van der Waals surface area contributed by atoms with Gasteiger partial charge in [0.25, 0.3) is 0 Å². The third kappa shape index (κ3) is 2.79. The fraction of sp³-hybridized carbons (Fsp3) is 0.267. The van der Waals surface area contributed by atoms with E-state index in [1.54, 1.807) is 31.6 Å².